The summed E-state index contributed by atoms with van der Waals surface area (Å²) in [5.74, 6) is -0.109. The Morgan fingerprint density at radius 1 is 1.38 bits per heavy atom. The van der Waals surface area contributed by atoms with E-state index in [0.717, 1.165) is 11.5 Å². The summed E-state index contributed by atoms with van der Waals surface area (Å²) in [5, 5.41) is 9.37. The SMILES string of the molecule is Nc1sncc1C(=O)Oc1ccc(O)cc1. The predicted molar refractivity (Wildman–Crippen MR) is 59.6 cm³/mol. The number of hydrogen-bond donors (Lipinski definition) is 2. The summed E-state index contributed by atoms with van der Waals surface area (Å²) in [7, 11) is 0. The number of carbonyl (C=O) groups is 1. The number of phenolic OH excluding ortho intramolecular Hbond substituents is 1. The molecule has 0 fully saturated rings. The van der Waals surface area contributed by atoms with Crippen molar-refractivity contribution in [3.8, 4) is 11.5 Å². The van der Waals surface area contributed by atoms with Crippen LogP contribution in [0.3, 0.4) is 0 Å². The maximum Gasteiger partial charge on any atom is 0.348 e. The molecule has 0 saturated heterocycles. The van der Waals surface area contributed by atoms with E-state index in [9.17, 15) is 4.79 Å². The zero-order valence-electron chi connectivity index (χ0n) is 8.08. The highest BCUT2D eigenvalue weighted by atomic mass is 32.1. The normalized spacial score (nSPS) is 10.0. The van der Waals surface area contributed by atoms with Crippen LogP contribution in [0.25, 0.3) is 0 Å². The summed E-state index contributed by atoms with van der Waals surface area (Å²) in [6.45, 7) is 0. The van der Waals surface area contributed by atoms with Crippen molar-refractivity contribution in [2.24, 2.45) is 0 Å². The van der Waals surface area contributed by atoms with Gasteiger partial charge in [-0.3, -0.25) is 0 Å². The highest BCUT2D eigenvalue weighted by molar-refractivity contribution is 7.10. The molecule has 82 valence electrons. The van der Waals surface area contributed by atoms with E-state index in [1.807, 2.05) is 0 Å². The number of carbonyl (C=O) groups excluding carboxylic acids is 1. The second kappa shape index (κ2) is 4.19. The molecule has 1 aromatic heterocycles. The Bertz CT molecular complexity index is 507. The van der Waals surface area contributed by atoms with Crippen LogP contribution >= 0.6 is 11.5 Å². The molecule has 0 amide bonds. The quantitative estimate of drug-likeness (QED) is 0.611. The Morgan fingerprint density at radius 3 is 2.62 bits per heavy atom. The molecule has 0 unspecified atom stereocenters. The van der Waals surface area contributed by atoms with Crippen molar-refractivity contribution in [2.75, 3.05) is 5.73 Å². The van der Waals surface area contributed by atoms with Gasteiger partial charge in [-0.15, -0.1) is 0 Å². The topological polar surface area (TPSA) is 85.4 Å². The average Bonchev–Trinajstić information content (AvgIpc) is 2.68. The minimum Gasteiger partial charge on any atom is -0.508 e. The molecule has 0 atom stereocenters. The molecule has 2 rings (SSSR count). The maximum absolute atomic E-state index is 11.6. The highest BCUT2D eigenvalue weighted by Gasteiger charge is 2.14. The molecule has 6 heteroatoms. The molecule has 0 aliphatic heterocycles. The lowest BCUT2D eigenvalue weighted by atomic mass is 10.3. The van der Waals surface area contributed by atoms with Crippen LogP contribution in [0.2, 0.25) is 0 Å². The lowest BCUT2D eigenvalue weighted by Gasteiger charge is -2.02. The molecule has 0 radical (unpaired) electrons. The molecule has 0 aliphatic carbocycles. The van der Waals surface area contributed by atoms with Crippen LogP contribution in [-0.2, 0) is 0 Å². The maximum atomic E-state index is 11.6. The number of aromatic hydroxyl groups is 1. The van der Waals surface area contributed by atoms with Crippen LogP contribution in [-0.4, -0.2) is 15.4 Å². The monoisotopic (exact) mass is 236 g/mol. The molecule has 0 bridgehead atoms. The van der Waals surface area contributed by atoms with Crippen molar-refractivity contribution in [1.82, 2.24) is 4.37 Å². The zero-order valence-corrected chi connectivity index (χ0v) is 8.90. The fourth-order valence-electron chi connectivity index (χ4n) is 1.08. The number of benzene rings is 1. The number of hydrogen-bond acceptors (Lipinski definition) is 6. The molecule has 0 saturated carbocycles. The number of rotatable bonds is 2. The Morgan fingerprint density at radius 2 is 2.06 bits per heavy atom. The molecule has 1 heterocycles. The third-order valence-corrected chi connectivity index (χ3v) is 2.49. The van der Waals surface area contributed by atoms with E-state index in [1.54, 1.807) is 0 Å². The van der Waals surface area contributed by atoms with Crippen LogP contribution < -0.4 is 10.5 Å². The minimum absolute atomic E-state index is 0.108. The molecular formula is C10H8N2O3S. The number of nitrogen functional groups attached to an aromatic ring is 1. The van der Waals surface area contributed by atoms with Gasteiger partial charge in [0.15, 0.2) is 0 Å². The number of phenols is 1. The highest BCUT2D eigenvalue weighted by Crippen LogP contribution is 2.20. The van der Waals surface area contributed by atoms with Gasteiger partial charge >= 0.3 is 5.97 Å². The third kappa shape index (κ3) is 2.12. The second-order valence-corrected chi connectivity index (χ2v) is 3.82. The molecule has 0 spiro atoms. The second-order valence-electron chi connectivity index (χ2n) is 2.99. The Labute approximate surface area is 95.3 Å². The van der Waals surface area contributed by atoms with Crippen molar-refractivity contribution in [2.45, 2.75) is 0 Å². The van der Waals surface area contributed by atoms with Gasteiger partial charge in [-0.05, 0) is 35.8 Å². The Balaban J connectivity index is 2.14. The van der Waals surface area contributed by atoms with Gasteiger partial charge in [-0.25, -0.2) is 4.79 Å². The summed E-state index contributed by atoms with van der Waals surface area (Å²) in [5.41, 5.74) is 5.78. The number of nitrogens with two attached hydrogens (primary N) is 1. The standard InChI is InChI=1S/C10H8N2O3S/c11-9-8(5-12-16-9)10(14)15-7-3-1-6(13)2-4-7/h1-5,13H,11H2. The van der Waals surface area contributed by atoms with Gasteiger partial charge in [-0.2, -0.15) is 4.37 Å². The summed E-state index contributed by atoms with van der Waals surface area (Å²) in [4.78, 5) is 11.6. The van der Waals surface area contributed by atoms with E-state index in [0.29, 0.717) is 10.8 Å². The number of nitrogens with zero attached hydrogens (tertiary/aromatic N) is 1. The average molecular weight is 236 g/mol. The van der Waals surface area contributed by atoms with Gasteiger partial charge < -0.3 is 15.6 Å². The van der Waals surface area contributed by atoms with Crippen LogP contribution in [0, 0.1) is 0 Å². The molecule has 16 heavy (non-hydrogen) atoms. The first-order chi connectivity index (χ1) is 7.66. The molecule has 2 aromatic rings. The molecule has 5 nitrogen and oxygen atoms in total. The predicted octanol–water partition coefficient (Wildman–Crippen LogP) is 1.65. The van der Waals surface area contributed by atoms with Gasteiger partial charge in [0.1, 0.15) is 22.1 Å². The Hall–Kier alpha value is -2.08. The molecule has 3 N–H and O–H groups in total. The van der Waals surface area contributed by atoms with Crippen molar-refractivity contribution in [1.29, 1.82) is 0 Å². The number of esters is 1. The van der Waals surface area contributed by atoms with Crippen LogP contribution in [0.5, 0.6) is 11.5 Å². The number of ether oxygens (including phenoxy) is 1. The van der Waals surface area contributed by atoms with Crippen LogP contribution in [0.4, 0.5) is 5.00 Å². The van der Waals surface area contributed by atoms with E-state index >= 15 is 0 Å². The number of aromatic nitrogens is 1. The van der Waals surface area contributed by atoms with Crippen molar-refractivity contribution < 1.29 is 14.6 Å². The zero-order chi connectivity index (χ0) is 11.5. The summed E-state index contributed by atoms with van der Waals surface area (Å²) in [6, 6.07) is 5.84. The summed E-state index contributed by atoms with van der Waals surface area (Å²) >= 11 is 1.03. The van der Waals surface area contributed by atoms with E-state index in [-0.39, 0.29) is 11.3 Å². The van der Waals surface area contributed by atoms with Gasteiger partial charge in [0.05, 0.1) is 6.20 Å². The first kappa shape index (κ1) is 10.4. The van der Waals surface area contributed by atoms with Gasteiger partial charge in [0.2, 0.25) is 0 Å². The molecular weight excluding hydrogens is 228 g/mol. The summed E-state index contributed by atoms with van der Waals surface area (Å²) < 4.78 is 8.81. The Kier molecular flexibility index (Phi) is 2.74. The third-order valence-electron chi connectivity index (χ3n) is 1.87. The summed E-state index contributed by atoms with van der Waals surface area (Å²) in [6.07, 6.45) is 1.36. The first-order valence-corrected chi connectivity index (χ1v) is 5.15. The fourth-order valence-corrected chi connectivity index (χ4v) is 1.58. The van der Waals surface area contributed by atoms with Crippen LogP contribution in [0.1, 0.15) is 10.4 Å². The van der Waals surface area contributed by atoms with Gasteiger partial charge in [0, 0.05) is 0 Å². The van der Waals surface area contributed by atoms with E-state index < -0.39 is 5.97 Å². The van der Waals surface area contributed by atoms with E-state index in [4.69, 9.17) is 15.6 Å². The lowest BCUT2D eigenvalue weighted by Crippen LogP contribution is -2.09. The molecule has 0 aliphatic rings. The van der Waals surface area contributed by atoms with Crippen molar-refractivity contribution in [3.05, 3.63) is 36.0 Å². The smallest absolute Gasteiger partial charge is 0.348 e. The molecule has 1 aromatic carbocycles. The van der Waals surface area contributed by atoms with E-state index in [2.05, 4.69) is 4.37 Å². The van der Waals surface area contributed by atoms with Crippen molar-refractivity contribution >= 4 is 22.5 Å². The fraction of sp³-hybridized carbons (Fsp3) is 0. The largest absolute Gasteiger partial charge is 0.508 e. The number of anilines is 1. The van der Waals surface area contributed by atoms with Gasteiger partial charge in [-0.1, -0.05) is 0 Å². The minimum atomic E-state index is -0.558. The lowest BCUT2D eigenvalue weighted by molar-refractivity contribution is 0.0736. The van der Waals surface area contributed by atoms with Gasteiger partial charge in [0.25, 0.3) is 0 Å². The first-order valence-electron chi connectivity index (χ1n) is 4.38. The van der Waals surface area contributed by atoms with Crippen LogP contribution in [0.15, 0.2) is 30.5 Å². The van der Waals surface area contributed by atoms with Crippen molar-refractivity contribution in [3.63, 3.8) is 0 Å². The van der Waals surface area contributed by atoms with E-state index in [1.165, 1.54) is 30.5 Å².